The lowest BCUT2D eigenvalue weighted by molar-refractivity contribution is -0.122. The number of hydrogen-bond donors (Lipinski definition) is 2. The first-order chi connectivity index (χ1) is 10.4. The molecule has 22 heavy (non-hydrogen) atoms. The molecule has 6 nitrogen and oxygen atoms in total. The zero-order valence-electron chi connectivity index (χ0n) is 11.9. The largest absolute Gasteiger partial charge is 0.354 e. The van der Waals surface area contributed by atoms with Crippen LogP contribution in [0, 0.1) is 0 Å². The number of benzene rings is 1. The van der Waals surface area contributed by atoms with E-state index in [1.54, 1.807) is 18.2 Å². The van der Waals surface area contributed by atoms with Crippen molar-refractivity contribution in [1.29, 1.82) is 0 Å². The monoisotopic (exact) mass is 343 g/mol. The normalized spacial score (nSPS) is 15.7. The summed E-state index contributed by atoms with van der Waals surface area (Å²) in [5, 5.41) is 5.90. The summed E-state index contributed by atoms with van der Waals surface area (Å²) < 4.78 is 0. The summed E-state index contributed by atoms with van der Waals surface area (Å²) >= 11 is 12.2. The minimum atomic E-state index is -0.553. The Balaban J connectivity index is 1.88. The van der Waals surface area contributed by atoms with Gasteiger partial charge in [0.1, 0.15) is 13.1 Å². The van der Waals surface area contributed by atoms with Crippen LogP contribution in [0.25, 0.3) is 0 Å². The number of carbonyl (C=O) groups is 3. The highest BCUT2D eigenvalue weighted by atomic mass is 35.5. The van der Waals surface area contributed by atoms with Crippen molar-refractivity contribution < 1.29 is 14.4 Å². The summed E-state index contributed by atoms with van der Waals surface area (Å²) in [7, 11) is 0. The maximum atomic E-state index is 11.8. The molecule has 2 rings (SSSR count). The van der Waals surface area contributed by atoms with Crippen molar-refractivity contribution in [3.63, 3.8) is 0 Å². The topological polar surface area (TPSA) is 78.5 Å². The van der Waals surface area contributed by atoms with Crippen molar-refractivity contribution in [1.82, 2.24) is 15.5 Å². The van der Waals surface area contributed by atoms with E-state index in [9.17, 15) is 14.4 Å². The van der Waals surface area contributed by atoms with E-state index in [-0.39, 0.29) is 24.9 Å². The van der Waals surface area contributed by atoms with Crippen LogP contribution in [0.2, 0.25) is 10.0 Å². The second kappa shape index (κ2) is 6.98. The Bertz CT molecular complexity index is 601. The molecule has 1 heterocycles. The van der Waals surface area contributed by atoms with Crippen LogP contribution in [-0.4, -0.2) is 42.4 Å². The molecule has 0 spiro atoms. The van der Waals surface area contributed by atoms with Gasteiger partial charge in [-0.15, -0.1) is 0 Å². The predicted octanol–water partition coefficient (Wildman–Crippen LogP) is 1.76. The van der Waals surface area contributed by atoms with Crippen LogP contribution in [0.1, 0.15) is 18.4 Å². The first-order valence-electron chi connectivity index (χ1n) is 6.68. The maximum absolute atomic E-state index is 11.8. The SMILES string of the molecule is C[C@H](CNC(=O)CN1CC(=O)NC1=O)c1c(Cl)cccc1Cl. The molecule has 1 aromatic carbocycles. The minimum Gasteiger partial charge on any atom is -0.354 e. The van der Waals surface area contributed by atoms with Gasteiger partial charge in [-0.25, -0.2) is 4.79 Å². The maximum Gasteiger partial charge on any atom is 0.325 e. The van der Waals surface area contributed by atoms with Gasteiger partial charge in [-0.2, -0.15) is 0 Å². The average molecular weight is 344 g/mol. The zero-order valence-corrected chi connectivity index (χ0v) is 13.4. The van der Waals surface area contributed by atoms with Gasteiger partial charge >= 0.3 is 6.03 Å². The van der Waals surface area contributed by atoms with Crippen molar-refractivity contribution in [2.24, 2.45) is 0 Å². The summed E-state index contributed by atoms with van der Waals surface area (Å²) in [6, 6.07) is 4.67. The molecule has 0 unspecified atom stereocenters. The highest BCUT2D eigenvalue weighted by Gasteiger charge is 2.28. The molecule has 118 valence electrons. The fourth-order valence-corrected chi connectivity index (χ4v) is 2.96. The van der Waals surface area contributed by atoms with Gasteiger partial charge < -0.3 is 10.2 Å². The van der Waals surface area contributed by atoms with Gasteiger partial charge in [0, 0.05) is 22.5 Å². The van der Waals surface area contributed by atoms with Crippen molar-refractivity contribution in [3.8, 4) is 0 Å². The lowest BCUT2D eigenvalue weighted by atomic mass is 10.0. The van der Waals surface area contributed by atoms with E-state index >= 15 is 0 Å². The van der Waals surface area contributed by atoms with Gasteiger partial charge in [-0.3, -0.25) is 14.9 Å². The zero-order chi connectivity index (χ0) is 16.3. The van der Waals surface area contributed by atoms with Gasteiger partial charge in [0.05, 0.1) is 0 Å². The highest BCUT2D eigenvalue weighted by Crippen LogP contribution is 2.30. The van der Waals surface area contributed by atoms with Gasteiger partial charge in [-0.05, 0) is 17.7 Å². The molecular formula is C14H15Cl2N3O3. The summed E-state index contributed by atoms with van der Waals surface area (Å²) in [5.41, 5.74) is 0.764. The smallest absolute Gasteiger partial charge is 0.325 e. The minimum absolute atomic E-state index is 0.0841. The Morgan fingerprint density at radius 2 is 2.00 bits per heavy atom. The molecule has 1 aliphatic rings. The Labute approximate surface area is 137 Å². The van der Waals surface area contributed by atoms with E-state index in [1.165, 1.54) is 0 Å². The molecule has 4 amide bonds. The fraction of sp³-hybridized carbons (Fsp3) is 0.357. The number of rotatable bonds is 5. The number of halogens is 2. The number of amides is 4. The van der Waals surface area contributed by atoms with Crippen molar-refractivity contribution in [3.05, 3.63) is 33.8 Å². The molecule has 0 aliphatic carbocycles. The van der Waals surface area contributed by atoms with E-state index in [0.717, 1.165) is 10.5 Å². The molecule has 1 atom stereocenters. The molecule has 2 N–H and O–H groups in total. The Morgan fingerprint density at radius 1 is 1.36 bits per heavy atom. The Hall–Kier alpha value is -1.79. The summed E-state index contributed by atoms with van der Waals surface area (Å²) in [6.45, 7) is 1.95. The van der Waals surface area contributed by atoms with Crippen LogP contribution in [0.4, 0.5) is 4.79 Å². The number of imide groups is 1. The molecule has 0 radical (unpaired) electrons. The predicted molar refractivity (Wildman–Crippen MR) is 83.0 cm³/mol. The van der Waals surface area contributed by atoms with Crippen LogP contribution >= 0.6 is 23.2 Å². The number of urea groups is 1. The van der Waals surface area contributed by atoms with Crippen molar-refractivity contribution >= 4 is 41.0 Å². The van der Waals surface area contributed by atoms with E-state index in [2.05, 4.69) is 10.6 Å². The number of carbonyl (C=O) groups excluding carboxylic acids is 3. The third kappa shape index (κ3) is 3.90. The fourth-order valence-electron chi connectivity index (χ4n) is 2.19. The second-order valence-corrected chi connectivity index (χ2v) is 5.86. The Morgan fingerprint density at radius 3 is 2.55 bits per heavy atom. The molecule has 1 aliphatic heterocycles. The lowest BCUT2D eigenvalue weighted by Crippen LogP contribution is -2.40. The van der Waals surface area contributed by atoms with Crippen molar-refractivity contribution in [2.75, 3.05) is 19.6 Å². The van der Waals surface area contributed by atoms with Gasteiger partial charge in [0.25, 0.3) is 0 Å². The van der Waals surface area contributed by atoms with E-state index in [0.29, 0.717) is 16.6 Å². The number of nitrogens with one attached hydrogen (secondary N) is 2. The summed E-state index contributed by atoms with van der Waals surface area (Å²) in [4.78, 5) is 35.4. The molecular weight excluding hydrogens is 329 g/mol. The molecule has 1 fully saturated rings. The van der Waals surface area contributed by atoms with E-state index < -0.39 is 11.9 Å². The van der Waals surface area contributed by atoms with Crippen LogP contribution in [0.5, 0.6) is 0 Å². The van der Waals surface area contributed by atoms with Gasteiger partial charge in [0.15, 0.2) is 0 Å². The summed E-state index contributed by atoms with van der Waals surface area (Å²) in [5.74, 6) is -0.840. The summed E-state index contributed by atoms with van der Waals surface area (Å²) in [6.07, 6.45) is 0. The van der Waals surface area contributed by atoms with Crippen LogP contribution < -0.4 is 10.6 Å². The molecule has 0 bridgehead atoms. The first kappa shape index (κ1) is 16.6. The second-order valence-electron chi connectivity index (χ2n) is 5.05. The lowest BCUT2D eigenvalue weighted by Gasteiger charge is -2.17. The van der Waals surface area contributed by atoms with Crippen LogP contribution in [-0.2, 0) is 9.59 Å². The van der Waals surface area contributed by atoms with Gasteiger partial charge in [-0.1, -0.05) is 36.2 Å². The average Bonchev–Trinajstić information content (AvgIpc) is 2.74. The first-order valence-corrected chi connectivity index (χ1v) is 7.43. The third-order valence-corrected chi connectivity index (χ3v) is 3.96. The third-order valence-electron chi connectivity index (χ3n) is 3.30. The van der Waals surface area contributed by atoms with E-state index in [4.69, 9.17) is 23.2 Å². The van der Waals surface area contributed by atoms with Crippen LogP contribution in [0.15, 0.2) is 18.2 Å². The van der Waals surface area contributed by atoms with Crippen LogP contribution in [0.3, 0.4) is 0 Å². The molecule has 1 saturated heterocycles. The van der Waals surface area contributed by atoms with E-state index in [1.807, 2.05) is 6.92 Å². The molecule has 8 heteroatoms. The van der Waals surface area contributed by atoms with Gasteiger partial charge in [0.2, 0.25) is 11.8 Å². The molecule has 1 aromatic rings. The standard InChI is InChI=1S/C14H15Cl2N3O3/c1-8(13-9(15)3-2-4-10(13)16)5-17-11(20)6-19-7-12(21)18-14(19)22/h2-4,8H,5-7H2,1H3,(H,17,20)(H,18,21,22)/t8-/m1/s1. The number of nitrogens with zero attached hydrogens (tertiary/aromatic N) is 1. The quantitative estimate of drug-likeness (QED) is 0.799. The Kier molecular flexibility index (Phi) is 5.26. The molecule has 0 aromatic heterocycles. The highest BCUT2D eigenvalue weighted by molar-refractivity contribution is 6.36. The van der Waals surface area contributed by atoms with Crippen molar-refractivity contribution in [2.45, 2.75) is 12.8 Å². The molecule has 0 saturated carbocycles. The number of hydrogen-bond acceptors (Lipinski definition) is 3.